The van der Waals surface area contributed by atoms with Crippen LogP contribution in [0.4, 0.5) is 0 Å². The van der Waals surface area contributed by atoms with Gasteiger partial charge >= 0.3 is 145 Å². The van der Waals surface area contributed by atoms with Crippen LogP contribution in [0.15, 0.2) is 91.0 Å². The van der Waals surface area contributed by atoms with Crippen LogP contribution < -0.4 is 15.9 Å². The summed E-state index contributed by atoms with van der Waals surface area (Å²) >= 11 is 0. The molecule has 0 unspecified atom stereocenters. The summed E-state index contributed by atoms with van der Waals surface area (Å²) in [7, 11) is -2.17. The third-order valence-electron chi connectivity index (χ3n) is 4.77. The van der Waals surface area contributed by atoms with Crippen molar-refractivity contribution in [1.29, 1.82) is 0 Å². The molecule has 0 saturated heterocycles. The number of hydrogen-bond donors (Lipinski definition) is 1. The Bertz CT molecular complexity index is 644. The fraction of sp³-hybridized carbons (Fsp3) is 0.182. The second-order valence-electron chi connectivity index (χ2n) is 6.50. The van der Waals surface area contributed by atoms with Crippen molar-refractivity contribution in [3.63, 3.8) is 0 Å². The summed E-state index contributed by atoms with van der Waals surface area (Å²) in [6.07, 6.45) is 1.00. The van der Waals surface area contributed by atoms with E-state index in [1.165, 1.54) is 15.9 Å². The van der Waals surface area contributed by atoms with E-state index in [4.69, 9.17) is 0 Å². The molecule has 24 heavy (non-hydrogen) atoms. The molecule has 0 heterocycles. The first-order valence-corrected chi connectivity index (χ1v) is 10.8. The summed E-state index contributed by atoms with van der Waals surface area (Å²) < 4.78 is 0. The number of benzene rings is 3. The zero-order valence-electron chi connectivity index (χ0n) is 14.1. The monoisotopic (exact) mass is 336 g/mol. The molecule has 1 atom stereocenters. The molecule has 0 aliphatic rings. The van der Waals surface area contributed by atoms with Crippen LogP contribution in [0.1, 0.15) is 6.92 Å². The van der Waals surface area contributed by atoms with Crippen molar-refractivity contribution in [2.24, 2.45) is 5.92 Å². The van der Waals surface area contributed by atoms with Crippen molar-refractivity contribution in [3.05, 3.63) is 91.0 Å². The van der Waals surface area contributed by atoms with Gasteiger partial charge in [0, 0.05) is 0 Å². The fourth-order valence-electron chi connectivity index (χ4n) is 3.61. The molecule has 0 spiro atoms. The van der Waals surface area contributed by atoms with E-state index in [9.17, 15) is 5.11 Å². The van der Waals surface area contributed by atoms with Gasteiger partial charge in [-0.3, -0.25) is 0 Å². The molecule has 1 N–H and O–H groups in total. The molecular formula is C22H25OP. The van der Waals surface area contributed by atoms with E-state index in [2.05, 4.69) is 97.9 Å². The quantitative estimate of drug-likeness (QED) is 0.685. The van der Waals surface area contributed by atoms with E-state index in [1.807, 2.05) is 0 Å². The third kappa shape index (κ3) is 3.29. The van der Waals surface area contributed by atoms with Crippen molar-refractivity contribution >= 4 is 23.2 Å². The number of aliphatic hydroxyl groups excluding tert-OH is 1. The SMILES string of the molecule is C[C@@H](CO)C[PH](c1ccccc1)(c1ccccc1)c1ccccc1. The van der Waals surface area contributed by atoms with E-state index in [-0.39, 0.29) is 12.5 Å². The van der Waals surface area contributed by atoms with Crippen LogP contribution in [0.3, 0.4) is 0 Å². The van der Waals surface area contributed by atoms with Gasteiger partial charge in [0.1, 0.15) is 0 Å². The predicted molar refractivity (Wildman–Crippen MR) is 108 cm³/mol. The van der Waals surface area contributed by atoms with Crippen LogP contribution in [-0.2, 0) is 0 Å². The Labute approximate surface area is 145 Å². The average Bonchev–Trinajstić information content (AvgIpc) is 2.68. The molecule has 2 heteroatoms. The van der Waals surface area contributed by atoms with Gasteiger partial charge in [0.15, 0.2) is 0 Å². The average molecular weight is 336 g/mol. The standard InChI is InChI=1S/C22H25OP/c1-19(17-23)18-24(20-11-5-2-6-12-20,21-13-7-3-8-14-21)22-15-9-4-10-16-22/h2-16,19,23-24H,17-18H2,1H3/t19-/m0/s1. The summed E-state index contributed by atoms with van der Waals surface area (Å²) in [4.78, 5) is 0. The first-order chi connectivity index (χ1) is 11.8. The van der Waals surface area contributed by atoms with E-state index in [0.717, 1.165) is 6.16 Å². The molecule has 3 aromatic carbocycles. The summed E-state index contributed by atoms with van der Waals surface area (Å²) in [6, 6.07) is 32.6. The third-order valence-corrected chi connectivity index (χ3v) is 10.0. The molecule has 3 aromatic rings. The van der Waals surface area contributed by atoms with E-state index < -0.39 is 7.26 Å². The number of hydrogen-bond acceptors (Lipinski definition) is 1. The van der Waals surface area contributed by atoms with Crippen LogP contribution in [0.2, 0.25) is 0 Å². The molecule has 0 saturated carbocycles. The molecule has 0 bridgehead atoms. The Hall–Kier alpha value is -1.95. The van der Waals surface area contributed by atoms with Gasteiger partial charge in [-0.15, -0.1) is 0 Å². The summed E-state index contributed by atoms with van der Waals surface area (Å²) in [5.74, 6) is 0.261. The minimum atomic E-state index is -2.17. The van der Waals surface area contributed by atoms with Gasteiger partial charge < -0.3 is 0 Å². The number of rotatable bonds is 6. The first kappa shape index (κ1) is 16.9. The summed E-state index contributed by atoms with van der Waals surface area (Å²) in [6.45, 7) is 2.37. The maximum absolute atomic E-state index is 9.76. The van der Waals surface area contributed by atoms with Crippen LogP contribution in [-0.4, -0.2) is 17.9 Å². The Morgan fingerprint density at radius 3 is 1.29 bits per heavy atom. The Kier molecular flexibility index (Phi) is 5.45. The second kappa shape index (κ2) is 7.75. The van der Waals surface area contributed by atoms with E-state index >= 15 is 0 Å². The normalized spacial score (nSPS) is 13.4. The maximum atomic E-state index is 9.76. The zero-order chi connectivity index (χ0) is 16.8. The molecule has 0 fully saturated rings. The van der Waals surface area contributed by atoms with Crippen molar-refractivity contribution < 1.29 is 5.11 Å². The molecule has 0 aromatic heterocycles. The van der Waals surface area contributed by atoms with Crippen molar-refractivity contribution in [2.45, 2.75) is 6.92 Å². The molecule has 0 amide bonds. The molecule has 0 radical (unpaired) electrons. The Balaban J connectivity index is 2.28. The zero-order valence-corrected chi connectivity index (χ0v) is 15.1. The van der Waals surface area contributed by atoms with Gasteiger partial charge in [-0.1, -0.05) is 0 Å². The van der Waals surface area contributed by atoms with Crippen molar-refractivity contribution in [2.75, 3.05) is 12.8 Å². The van der Waals surface area contributed by atoms with E-state index in [1.54, 1.807) is 0 Å². The molecule has 124 valence electrons. The minimum absolute atomic E-state index is 0.223. The van der Waals surface area contributed by atoms with Gasteiger partial charge in [0.25, 0.3) is 0 Å². The van der Waals surface area contributed by atoms with Crippen LogP contribution >= 0.6 is 7.26 Å². The van der Waals surface area contributed by atoms with Gasteiger partial charge in [-0.25, -0.2) is 0 Å². The Morgan fingerprint density at radius 1 is 0.667 bits per heavy atom. The van der Waals surface area contributed by atoms with Gasteiger partial charge in [-0.05, 0) is 0 Å². The predicted octanol–water partition coefficient (Wildman–Crippen LogP) is 3.34. The second-order valence-corrected chi connectivity index (χ2v) is 10.4. The molecule has 0 aliphatic carbocycles. The summed E-state index contributed by atoms with van der Waals surface area (Å²) in [5.41, 5.74) is 0. The first-order valence-electron chi connectivity index (χ1n) is 8.55. The molecule has 0 aliphatic heterocycles. The van der Waals surface area contributed by atoms with Crippen LogP contribution in [0.5, 0.6) is 0 Å². The van der Waals surface area contributed by atoms with Gasteiger partial charge in [-0.2, -0.15) is 0 Å². The van der Waals surface area contributed by atoms with Crippen molar-refractivity contribution in [1.82, 2.24) is 0 Å². The van der Waals surface area contributed by atoms with Gasteiger partial charge in [0.05, 0.1) is 0 Å². The Morgan fingerprint density at radius 2 is 1.00 bits per heavy atom. The van der Waals surface area contributed by atoms with Crippen LogP contribution in [0.25, 0.3) is 0 Å². The van der Waals surface area contributed by atoms with Crippen LogP contribution in [0, 0.1) is 5.92 Å². The molecule has 1 nitrogen and oxygen atoms in total. The van der Waals surface area contributed by atoms with Gasteiger partial charge in [0.2, 0.25) is 0 Å². The number of aliphatic hydroxyl groups is 1. The topological polar surface area (TPSA) is 20.2 Å². The fourth-order valence-corrected chi connectivity index (χ4v) is 8.77. The summed E-state index contributed by atoms with van der Waals surface area (Å²) in [5, 5.41) is 14.0. The molecular weight excluding hydrogens is 311 g/mol. The van der Waals surface area contributed by atoms with Crippen molar-refractivity contribution in [3.8, 4) is 0 Å². The molecule has 3 rings (SSSR count). The van der Waals surface area contributed by atoms with E-state index in [0.29, 0.717) is 0 Å².